The van der Waals surface area contributed by atoms with Crippen molar-refractivity contribution in [1.29, 1.82) is 0 Å². The normalized spacial score (nSPS) is 17.9. The summed E-state index contributed by atoms with van der Waals surface area (Å²) in [6, 6.07) is 5.46. The van der Waals surface area contributed by atoms with Crippen LogP contribution in [0.2, 0.25) is 5.02 Å². The van der Waals surface area contributed by atoms with Gasteiger partial charge >= 0.3 is 0 Å². The van der Waals surface area contributed by atoms with Crippen LogP contribution in [-0.4, -0.2) is 12.6 Å². The second-order valence-corrected chi connectivity index (χ2v) is 6.68. The van der Waals surface area contributed by atoms with E-state index < -0.39 is 0 Å². The van der Waals surface area contributed by atoms with Gasteiger partial charge in [-0.2, -0.15) is 0 Å². The van der Waals surface area contributed by atoms with Crippen molar-refractivity contribution >= 4 is 11.6 Å². The third-order valence-corrected chi connectivity index (χ3v) is 4.74. The van der Waals surface area contributed by atoms with Crippen molar-refractivity contribution in [2.75, 3.05) is 6.54 Å². The van der Waals surface area contributed by atoms with Gasteiger partial charge < -0.3 is 5.32 Å². The van der Waals surface area contributed by atoms with Gasteiger partial charge in [-0.05, 0) is 36.9 Å². The van der Waals surface area contributed by atoms with Crippen LogP contribution in [0.15, 0.2) is 18.2 Å². The SMILES string of the molecule is CC(C)NCC(Cc1c(F)cccc1Cl)C1CCCC1. The van der Waals surface area contributed by atoms with Gasteiger partial charge in [0.15, 0.2) is 0 Å². The van der Waals surface area contributed by atoms with E-state index in [1.807, 2.05) is 0 Å². The van der Waals surface area contributed by atoms with E-state index in [1.165, 1.54) is 31.7 Å². The lowest BCUT2D eigenvalue weighted by atomic mass is 9.85. The van der Waals surface area contributed by atoms with E-state index in [-0.39, 0.29) is 5.82 Å². The van der Waals surface area contributed by atoms with Crippen LogP contribution in [0.25, 0.3) is 0 Å². The summed E-state index contributed by atoms with van der Waals surface area (Å²) in [6.07, 6.45) is 5.92. The lowest BCUT2D eigenvalue weighted by Gasteiger charge is -2.25. The summed E-state index contributed by atoms with van der Waals surface area (Å²) in [6.45, 7) is 5.26. The Labute approximate surface area is 126 Å². The summed E-state index contributed by atoms with van der Waals surface area (Å²) in [7, 11) is 0. The van der Waals surface area contributed by atoms with E-state index in [9.17, 15) is 4.39 Å². The van der Waals surface area contributed by atoms with Crippen molar-refractivity contribution in [2.24, 2.45) is 11.8 Å². The topological polar surface area (TPSA) is 12.0 Å². The molecule has 1 saturated carbocycles. The first-order valence-electron chi connectivity index (χ1n) is 7.74. The van der Waals surface area contributed by atoms with Gasteiger partial charge in [0.25, 0.3) is 0 Å². The van der Waals surface area contributed by atoms with E-state index in [0.29, 0.717) is 28.5 Å². The molecule has 0 aromatic heterocycles. The van der Waals surface area contributed by atoms with Crippen molar-refractivity contribution in [3.05, 3.63) is 34.6 Å². The van der Waals surface area contributed by atoms with E-state index in [4.69, 9.17) is 11.6 Å². The Morgan fingerprint density at radius 3 is 2.60 bits per heavy atom. The summed E-state index contributed by atoms with van der Waals surface area (Å²) in [5, 5.41) is 4.08. The zero-order valence-corrected chi connectivity index (χ0v) is 13.2. The van der Waals surface area contributed by atoms with E-state index in [2.05, 4.69) is 19.2 Å². The molecule has 0 bridgehead atoms. The molecule has 2 rings (SSSR count). The van der Waals surface area contributed by atoms with Crippen LogP contribution in [-0.2, 0) is 6.42 Å². The highest BCUT2D eigenvalue weighted by atomic mass is 35.5. The summed E-state index contributed by atoms with van der Waals surface area (Å²) in [5.74, 6) is 1.02. The van der Waals surface area contributed by atoms with Crippen LogP contribution in [0.1, 0.15) is 45.1 Å². The number of hydrogen-bond donors (Lipinski definition) is 1. The van der Waals surface area contributed by atoms with E-state index >= 15 is 0 Å². The monoisotopic (exact) mass is 297 g/mol. The summed E-state index contributed by atoms with van der Waals surface area (Å²) in [4.78, 5) is 0. The number of hydrogen-bond acceptors (Lipinski definition) is 1. The van der Waals surface area contributed by atoms with Gasteiger partial charge in [-0.1, -0.05) is 57.2 Å². The molecule has 0 radical (unpaired) electrons. The molecule has 1 aliphatic rings. The molecule has 112 valence electrons. The molecule has 1 aromatic carbocycles. The molecule has 1 N–H and O–H groups in total. The smallest absolute Gasteiger partial charge is 0.127 e. The van der Waals surface area contributed by atoms with E-state index in [1.54, 1.807) is 12.1 Å². The van der Waals surface area contributed by atoms with Gasteiger partial charge in [0.2, 0.25) is 0 Å². The molecule has 0 heterocycles. The van der Waals surface area contributed by atoms with Gasteiger partial charge in [-0.3, -0.25) is 0 Å². The highest BCUT2D eigenvalue weighted by Gasteiger charge is 2.26. The molecule has 0 saturated heterocycles. The van der Waals surface area contributed by atoms with Gasteiger partial charge in [0.05, 0.1) is 0 Å². The zero-order chi connectivity index (χ0) is 14.5. The molecule has 0 aliphatic heterocycles. The van der Waals surface area contributed by atoms with Crippen molar-refractivity contribution in [1.82, 2.24) is 5.32 Å². The predicted molar refractivity (Wildman–Crippen MR) is 83.7 cm³/mol. The number of halogens is 2. The molecule has 3 heteroatoms. The van der Waals surface area contributed by atoms with Crippen molar-refractivity contribution < 1.29 is 4.39 Å². The Kier molecular flexibility index (Phi) is 5.86. The second kappa shape index (κ2) is 7.42. The fourth-order valence-electron chi connectivity index (χ4n) is 3.21. The molecule has 1 nitrogen and oxygen atoms in total. The minimum atomic E-state index is -0.162. The highest BCUT2D eigenvalue weighted by molar-refractivity contribution is 6.31. The maximum atomic E-state index is 14.0. The van der Waals surface area contributed by atoms with Gasteiger partial charge in [0, 0.05) is 16.6 Å². The third kappa shape index (κ3) is 4.20. The van der Waals surface area contributed by atoms with Crippen LogP contribution in [0, 0.1) is 17.7 Å². The summed E-state index contributed by atoms with van der Waals surface area (Å²) < 4.78 is 14.0. The summed E-state index contributed by atoms with van der Waals surface area (Å²) >= 11 is 6.18. The molecule has 1 fully saturated rings. The van der Waals surface area contributed by atoms with Crippen LogP contribution in [0.3, 0.4) is 0 Å². The maximum absolute atomic E-state index is 14.0. The van der Waals surface area contributed by atoms with Gasteiger partial charge in [0.1, 0.15) is 5.82 Å². The highest BCUT2D eigenvalue weighted by Crippen LogP contribution is 2.34. The zero-order valence-electron chi connectivity index (χ0n) is 12.5. The molecular formula is C17H25ClFN. The molecule has 1 atom stereocenters. The second-order valence-electron chi connectivity index (χ2n) is 6.27. The van der Waals surface area contributed by atoms with Crippen molar-refractivity contribution in [2.45, 2.75) is 52.0 Å². The lowest BCUT2D eigenvalue weighted by molar-refractivity contribution is 0.310. The van der Waals surface area contributed by atoms with Crippen LogP contribution >= 0.6 is 11.6 Å². The standard InChI is InChI=1S/C17H25ClFN/c1-12(2)20-11-14(13-6-3-4-7-13)10-15-16(18)8-5-9-17(15)19/h5,8-9,12-14,20H,3-4,6-7,10-11H2,1-2H3. The minimum Gasteiger partial charge on any atom is -0.314 e. The van der Waals surface area contributed by atoms with E-state index in [0.717, 1.165) is 13.0 Å². The Balaban J connectivity index is 2.09. The Morgan fingerprint density at radius 2 is 2.00 bits per heavy atom. The first kappa shape index (κ1) is 15.8. The number of nitrogens with one attached hydrogen (secondary N) is 1. The van der Waals surface area contributed by atoms with Gasteiger partial charge in [-0.15, -0.1) is 0 Å². The molecule has 0 amide bonds. The maximum Gasteiger partial charge on any atom is 0.127 e. The Morgan fingerprint density at radius 1 is 1.30 bits per heavy atom. The first-order valence-corrected chi connectivity index (χ1v) is 8.12. The quantitative estimate of drug-likeness (QED) is 0.793. The molecule has 1 aliphatic carbocycles. The van der Waals surface area contributed by atoms with Gasteiger partial charge in [-0.25, -0.2) is 4.39 Å². The Bertz CT molecular complexity index is 407. The number of benzene rings is 1. The third-order valence-electron chi connectivity index (χ3n) is 4.38. The lowest BCUT2D eigenvalue weighted by Crippen LogP contribution is -2.33. The molecular weight excluding hydrogens is 273 g/mol. The van der Waals surface area contributed by atoms with Crippen LogP contribution in [0.5, 0.6) is 0 Å². The Hall–Kier alpha value is -0.600. The molecule has 1 aromatic rings. The molecule has 0 spiro atoms. The first-order chi connectivity index (χ1) is 9.58. The average molecular weight is 298 g/mol. The predicted octanol–water partition coefficient (Wildman–Crippen LogP) is 4.83. The largest absolute Gasteiger partial charge is 0.314 e. The van der Waals surface area contributed by atoms with Crippen LogP contribution < -0.4 is 5.32 Å². The average Bonchev–Trinajstić information content (AvgIpc) is 2.91. The molecule has 1 unspecified atom stereocenters. The fourth-order valence-corrected chi connectivity index (χ4v) is 3.45. The summed E-state index contributed by atoms with van der Waals surface area (Å²) in [5.41, 5.74) is 0.691. The van der Waals surface area contributed by atoms with Crippen molar-refractivity contribution in [3.63, 3.8) is 0 Å². The minimum absolute atomic E-state index is 0.162. The van der Waals surface area contributed by atoms with Crippen molar-refractivity contribution in [3.8, 4) is 0 Å². The van der Waals surface area contributed by atoms with Crippen LogP contribution in [0.4, 0.5) is 4.39 Å². The molecule has 20 heavy (non-hydrogen) atoms. The fraction of sp³-hybridized carbons (Fsp3) is 0.647. The number of rotatable bonds is 6.